The first-order valence-corrected chi connectivity index (χ1v) is 19.3. The second-order valence-corrected chi connectivity index (χ2v) is 14.9. The van der Waals surface area contributed by atoms with Crippen molar-refractivity contribution in [1.82, 2.24) is 10.6 Å². The summed E-state index contributed by atoms with van der Waals surface area (Å²) in [5.74, 6) is -1.51. The highest BCUT2D eigenvalue weighted by Crippen LogP contribution is 2.31. The number of hydrogen-bond donors (Lipinski definition) is 15. The molecule has 344 valence electrons. The minimum Gasteiger partial charge on any atom is -0.394 e. The molecule has 0 bridgehead atoms. The van der Waals surface area contributed by atoms with Crippen LogP contribution in [0.1, 0.15) is 26.7 Å². The van der Waals surface area contributed by atoms with Crippen LogP contribution in [0.2, 0.25) is 0 Å². The normalized spacial score (nSPS) is 43.5. The first-order valence-electron chi connectivity index (χ1n) is 19.3. The highest BCUT2D eigenvalue weighted by atomic mass is 16.8. The average molecular weight is 865 g/mol. The number of carbonyl (C=O) groups is 2. The average Bonchev–Trinajstić information content (AvgIpc) is 3.22. The Kier molecular flexibility index (Phi) is 19.4. The molecule has 0 aromatic heterocycles. The van der Waals surface area contributed by atoms with Crippen LogP contribution < -0.4 is 10.6 Å². The molecule has 4 fully saturated rings. The molecule has 0 aliphatic carbocycles. The lowest BCUT2D eigenvalue weighted by molar-refractivity contribution is -0.366. The standard InChI is InChI=1S/C34H60N2O23/c1-12(3-4-17(39)35-5-7-52-31-25(47)22(44)18(40)13(2)55-31)30(51)36-6-8-53-33-28(50)29(59-34-27(49)24(46)20(42)15(10-38)57-34)21(43)16(58-33)11-54-32-26(48)23(45)19(41)14(9-37)56-32/h12-16,18-29,31-34,37-38,40-50H,3-11H2,1-2H3,(H,35,39)(H,36,51)/t12-,13-,14+,15+,16+,18+,19+,20+,21+,22+,23-,24-,25-,26-,27-,28-,29-,31+,32-,33-,34+/m0/s1. The monoisotopic (exact) mass is 864 g/mol. The summed E-state index contributed by atoms with van der Waals surface area (Å²) in [6.45, 7) is 0.348. The molecule has 0 spiro atoms. The highest BCUT2D eigenvalue weighted by molar-refractivity contribution is 5.80. The van der Waals surface area contributed by atoms with Gasteiger partial charge in [0.1, 0.15) is 91.6 Å². The third kappa shape index (κ3) is 12.6. The molecule has 4 saturated heterocycles. The molecular weight excluding hydrogens is 804 g/mol. The van der Waals surface area contributed by atoms with Crippen LogP contribution in [0.4, 0.5) is 0 Å². The van der Waals surface area contributed by atoms with E-state index >= 15 is 0 Å². The zero-order chi connectivity index (χ0) is 43.7. The molecule has 4 aliphatic heterocycles. The number of amides is 2. The zero-order valence-electron chi connectivity index (χ0n) is 32.4. The molecule has 0 aromatic carbocycles. The molecule has 25 nitrogen and oxygen atoms in total. The molecular formula is C34H60N2O23. The third-order valence-corrected chi connectivity index (χ3v) is 10.5. The van der Waals surface area contributed by atoms with Gasteiger partial charge in [-0.3, -0.25) is 9.59 Å². The van der Waals surface area contributed by atoms with Crippen molar-refractivity contribution in [2.75, 3.05) is 46.1 Å². The molecule has 4 aliphatic rings. The SMILES string of the molecule is C[C@@H]1O[C@@H](OCCNC(=O)CC[C@H](C)C(=O)NCCO[C@H]2O[C@H](CO[C@H]3O[C@H](CO)[C@@H](O)[C@H](O)[C@@H]3O)[C@@H](O)[C@H](O[C@H]3O[C@H](CO)[C@@H](O)[C@H](O)[C@@H]3O)[C@@H]2O)[C@@H](O)[C@H](O)[C@@H]1O. The van der Waals surface area contributed by atoms with E-state index in [4.69, 9.17) is 37.9 Å². The van der Waals surface area contributed by atoms with Crippen LogP contribution >= 0.6 is 0 Å². The van der Waals surface area contributed by atoms with Crippen LogP contribution in [-0.2, 0) is 47.5 Å². The summed E-state index contributed by atoms with van der Waals surface area (Å²) in [7, 11) is 0. The molecule has 59 heavy (non-hydrogen) atoms. The summed E-state index contributed by atoms with van der Waals surface area (Å²) < 4.78 is 43.9. The van der Waals surface area contributed by atoms with Crippen LogP contribution in [-0.4, -0.2) is 247 Å². The van der Waals surface area contributed by atoms with E-state index in [0.717, 1.165) is 0 Å². The topological polar surface area (TPSA) is 395 Å². The molecule has 21 atom stereocenters. The minimum atomic E-state index is -1.93. The Labute approximate surface area is 337 Å². The van der Waals surface area contributed by atoms with Crippen molar-refractivity contribution in [3.63, 3.8) is 0 Å². The van der Waals surface area contributed by atoms with Gasteiger partial charge in [-0.05, 0) is 13.3 Å². The third-order valence-electron chi connectivity index (χ3n) is 10.5. The van der Waals surface area contributed by atoms with E-state index in [0.29, 0.717) is 0 Å². The van der Waals surface area contributed by atoms with Crippen molar-refractivity contribution >= 4 is 11.8 Å². The lowest BCUT2D eigenvalue weighted by atomic mass is 9.96. The smallest absolute Gasteiger partial charge is 0.222 e. The molecule has 25 heteroatoms. The van der Waals surface area contributed by atoms with Crippen LogP contribution in [0.3, 0.4) is 0 Å². The van der Waals surface area contributed by atoms with Gasteiger partial charge in [0.15, 0.2) is 25.2 Å². The maximum absolute atomic E-state index is 12.7. The fourth-order valence-electron chi connectivity index (χ4n) is 6.68. The fourth-order valence-corrected chi connectivity index (χ4v) is 6.68. The van der Waals surface area contributed by atoms with Gasteiger partial charge in [-0.25, -0.2) is 0 Å². The van der Waals surface area contributed by atoms with E-state index in [2.05, 4.69) is 10.6 Å². The lowest BCUT2D eigenvalue weighted by Crippen LogP contribution is -2.65. The van der Waals surface area contributed by atoms with Gasteiger partial charge in [0.2, 0.25) is 11.8 Å². The summed E-state index contributed by atoms with van der Waals surface area (Å²) >= 11 is 0. The number of aliphatic hydroxyl groups excluding tert-OH is 13. The number of nitrogens with one attached hydrogen (secondary N) is 2. The molecule has 15 N–H and O–H groups in total. The number of rotatable bonds is 19. The highest BCUT2D eigenvalue weighted by Gasteiger charge is 2.52. The summed E-state index contributed by atoms with van der Waals surface area (Å²) in [5.41, 5.74) is 0. The van der Waals surface area contributed by atoms with E-state index in [1.165, 1.54) is 6.92 Å². The predicted molar refractivity (Wildman–Crippen MR) is 188 cm³/mol. The fraction of sp³-hybridized carbons (Fsp3) is 0.941. The van der Waals surface area contributed by atoms with Crippen molar-refractivity contribution in [2.45, 2.75) is 150 Å². The van der Waals surface area contributed by atoms with Gasteiger partial charge in [-0.2, -0.15) is 0 Å². The Hall–Kier alpha value is -1.90. The first-order chi connectivity index (χ1) is 27.9. The van der Waals surface area contributed by atoms with Gasteiger partial charge in [0.25, 0.3) is 0 Å². The summed E-state index contributed by atoms with van der Waals surface area (Å²) in [6.07, 6.45) is -31.7. The molecule has 0 unspecified atom stereocenters. The maximum Gasteiger partial charge on any atom is 0.222 e. The number of hydrogen-bond acceptors (Lipinski definition) is 23. The van der Waals surface area contributed by atoms with Gasteiger partial charge >= 0.3 is 0 Å². The molecule has 4 heterocycles. The van der Waals surface area contributed by atoms with Gasteiger partial charge in [-0.1, -0.05) is 6.92 Å². The zero-order valence-corrected chi connectivity index (χ0v) is 32.4. The molecule has 4 rings (SSSR count). The van der Waals surface area contributed by atoms with Crippen molar-refractivity contribution in [3.8, 4) is 0 Å². The lowest BCUT2D eigenvalue weighted by Gasteiger charge is -2.46. The second-order valence-electron chi connectivity index (χ2n) is 14.9. The number of aliphatic hydroxyl groups is 13. The Morgan fingerprint density at radius 2 is 1.03 bits per heavy atom. The van der Waals surface area contributed by atoms with E-state index < -0.39 is 160 Å². The van der Waals surface area contributed by atoms with Crippen molar-refractivity contribution in [1.29, 1.82) is 0 Å². The maximum atomic E-state index is 12.7. The van der Waals surface area contributed by atoms with Crippen molar-refractivity contribution < 1.29 is 114 Å². The molecule has 0 aromatic rings. The quantitative estimate of drug-likeness (QED) is 0.0536. The van der Waals surface area contributed by atoms with Gasteiger partial charge in [-0.15, -0.1) is 0 Å². The van der Waals surface area contributed by atoms with E-state index in [9.17, 15) is 76.0 Å². The van der Waals surface area contributed by atoms with E-state index in [-0.39, 0.29) is 39.1 Å². The number of ether oxygens (including phenoxy) is 8. The van der Waals surface area contributed by atoms with Crippen LogP contribution in [0.5, 0.6) is 0 Å². The molecule has 0 radical (unpaired) electrons. The van der Waals surface area contributed by atoms with E-state index in [1.54, 1.807) is 6.92 Å². The first kappa shape index (κ1) is 49.8. The van der Waals surface area contributed by atoms with E-state index in [1.807, 2.05) is 0 Å². The van der Waals surface area contributed by atoms with Crippen LogP contribution in [0, 0.1) is 5.92 Å². The Morgan fingerprint density at radius 1 is 0.559 bits per heavy atom. The Morgan fingerprint density at radius 3 is 1.61 bits per heavy atom. The number of carbonyl (C=O) groups excluding carboxylic acids is 2. The molecule has 2 amide bonds. The summed E-state index contributed by atoms with van der Waals surface area (Å²) in [6, 6.07) is 0. The predicted octanol–water partition coefficient (Wildman–Crippen LogP) is -9.06. The van der Waals surface area contributed by atoms with Gasteiger partial charge < -0.3 is 115 Å². The minimum absolute atomic E-state index is 0.0254. The van der Waals surface area contributed by atoms with Crippen molar-refractivity contribution in [2.24, 2.45) is 5.92 Å². The summed E-state index contributed by atoms with van der Waals surface area (Å²) in [5, 5.41) is 138. The Bertz CT molecular complexity index is 1290. The van der Waals surface area contributed by atoms with Gasteiger partial charge in [0.05, 0.1) is 39.1 Å². The van der Waals surface area contributed by atoms with Crippen LogP contribution in [0.15, 0.2) is 0 Å². The van der Waals surface area contributed by atoms with Gasteiger partial charge in [0, 0.05) is 25.4 Å². The van der Waals surface area contributed by atoms with Crippen LogP contribution in [0.25, 0.3) is 0 Å². The molecule has 0 saturated carbocycles. The summed E-state index contributed by atoms with van der Waals surface area (Å²) in [4.78, 5) is 25.1. The largest absolute Gasteiger partial charge is 0.394 e. The van der Waals surface area contributed by atoms with Crippen molar-refractivity contribution in [3.05, 3.63) is 0 Å². The Balaban J connectivity index is 1.27. The second kappa shape index (κ2) is 23.0.